The SMILES string of the molecule is CC(CN)C(=O)N1CCN(C(=O)c2c(F)cccc2F)CC1.Cl. The number of nitrogens with two attached hydrogens (primary N) is 1. The van der Waals surface area contributed by atoms with Crippen LogP contribution in [-0.2, 0) is 4.79 Å². The molecule has 23 heavy (non-hydrogen) atoms. The molecule has 0 aliphatic carbocycles. The molecule has 1 aliphatic rings. The summed E-state index contributed by atoms with van der Waals surface area (Å²) in [5.74, 6) is -2.77. The van der Waals surface area contributed by atoms with Gasteiger partial charge < -0.3 is 15.5 Å². The average Bonchev–Trinajstić information content (AvgIpc) is 2.53. The molecule has 1 aromatic rings. The maximum absolute atomic E-state index is 13.6. The van der Waals surface area contributed by atoms with Crippen LogP contribution in [0.5, 0.6) is 0 Å². The number of benzene rings is 1. The molecule has 2 N–H and O–H groups in total. The number of carbonyl (C=O) groups excluding carboxylic acids is 2. The van der Waals surface area contributed by atoms with Crippen molar-refractivity contribution in [2.75, 3.05) is 32.7 Å². The first-order chi connectivity index (χ1) is 10.5. The fraction of sp³-hybridized carbons (Fsp3) is 0.467. The number of hydrogen-bond donors (Lipinski definition) is 1. The molecule has 0 radical (unpaired) electrons. The summed E-state index contributed by atoms with van der Waals surface area (Å²) in [6, 6.07) is 3.32. The third kappa shape index (κ3) is 4.17. The van der Waals surface area contributed by atoms with Crippen LogP contribution in [0.4, 0.5) is 8.78 Å². The summed E-state index contributed by atoms with van der Waals surface area (Å²) in [5, 5.41) is 0. The molecule has 5 nitrogen and oxygen atoms in total. The van der Waals surface area contributed by atoms with Gasteiger partial charge in [-0.3, -0.25) is 9.59 Å². The van der Waals surface area contributed by atoms with E-state index in [4.69, 9.17) is 5.73 Å². The third-order valence-electron chi connectivity index (χ3n) is 3.83. The highest BCUT2D eigenvalue weighted by Gasteiger charge is 2.29. The first kappa shape index (κ1) is 19.3. The van der Waals surface area contributed by atoms with Gasteiger partial charge in [-0.2, -0.15) is 0 Å². The number of carbonyl (C=O) groups is 2. The predicted octanol–water partition coefficient (Wildman–Crippen LogP) is 1.27. The topological polar surface area (TPSA) is 66.6 Å². The van der Waals surface area contributed by atoms with Crippen molar-refractivity contribution < 1.29 is 18.4 Å². The summed E-state index contributed by atoms with van der Waals surface area (Å²) in [6.07, 6.45) is 0. The summed E-state index contributed by atoms with van der Waals surface area (Å²) in [7, 11) is 0. The molecule has 1 fully saturated rings. The van der Waals surface area contributed by atoms with Gasteiger partial charge in [0.2, 0.25) is 5.91 Å². The maximum atomic E-state index is 13.6. The number of hydrogen-bond acceptors (Lipinski definition) is 3. The van der Waals surface area contributed by atoms with E-state index in [1.54, 1.807) is 11.8 Å². The highest BCUT2D eigenvalue weighted by molar-refractivity contribution is 5.95. The van der Waals surface area contributed by atoms with Crippen LogP contribution >= 0.6 is 12.4 Å². The Balaban J connectivity index is 0.00000264. The minimum Gasteiger partial charge on any atom is -0.339 e. The van der Waals surface area contributed by atoms with Crippen molar-refractivity contribution in [3.05, 3.63) is 35.4 Å². The van der Waals surface area contributed by atoms with E-state index in [1.807, 2.05) is 0 Å². The zero-order valence-electron chi connectivity index (χ0n) is 12.8. The molecular weight excluding hydrogens is 328 g/mol. The van der Waals surface area contributed by atoms with Crippen molar-refractivity contribution in [1.82, 2.24) is 9.80 Å². The smallest absolute Gasteiger partial charge is 0.259 e. The summed E-state index contributed by atoms with van der Waals surface area (Å²) in [5.41, 5.74) is 4.93. The van der Waals surface area contributed by atoms with E-state index in [9.17, 15) is 18.4 Å². The lowest BCUT2D eigenvalue weighted by atomic mass is 10.1. The van der Waals surface area contributed by atoms with Crippen LogP contribution in [0.15, 0.2) is 18.2 Å². The summed E-state index contributed by atoms with van der Waals surface area (Å²) >= 11 is 0. The number of halogens is 3. The molecule has 1 unspecified atom stereocenters. The van der Waals surface area contributed by atoms with Gasteiger partial charge in [0.15, 0.2) is 0 Å². The van der Waals surface area contributed by atoms with Gasteiger partial charge in [0.25, 0.3) is 5.91 Å². The largest absolute Gasteiger partial charge is 0.339 e. The van der Waals surface area contributed by atoms with Crippen LogP contribution in [0.2, 0.25) is 0 Å². The molecule has 1 aromatic carbocycles. The van der Waals surface area contributed by atoms with Crippen LogP contribution in [0, 0.1) is 17.6 Å². The van der Waals surface area contributed by atoms with Gasteiger partial charge in [0.1, 0.15) is 17.2 Å². The number of amides is 2. The minimum absolute atomic E-state index is 0. The van der Waals surface area contributed by atoms with Crippen molar-refractivity contribution in [3.8, 4) is 0 Å². The lowest BCUT2D eigenvalue weighted by Crippen LogP contribution is -2.52. The van der Waals surface area contributed by atoms with Crippen LogP contribution < -0.4 is 5.73 Å². The molecule has 0 saturated carbocycles. The Morgan fingerprint density at radius 3 is 2.09 bits per heavy atom. The highest BCUT2D eigenvalue weighted by Crippen LogP contribution is 2.16. The van der Waals surface area contributed by atoms with Crippen molar-refractivity contribution in [3.63, 3.8) is 0 Å². The lowest BCUT2D eigenvalue weighted by molar-refractivity contribution is -0.136. The molecule has 0 spiro atoms. The number of nitrogens with zero attached hydrogens (tertiary/aromatic N) is 2. The summed E-state index contributed by atoms with van der Waals surface area (Å²) in [6.45, 7) is 3.17. The molecule has 0 aromatic heterocycles. The fourth-order valence-corrected chi connectivity index (χ4v) is 2.40. The third-order valence-corrected chi connectivity index (χ3v) is 3.83. The highest BCUT2D eigenvalue weighted by atomic mass is 35.5. The number of piperazine rings is 1. The number of rotatable bonds is 3. The molecule has 128 valence electrons. The van der Waals surface area contributed by atoms with Gasteiger partial charge in [0.05, 0.1) is 0 Å². The van der Waals surface area contributed by atoms with Crippen molar-refractivity contribution in [2.24, 2.45) is 11.7 Å². The standard InChI is InChI=1S/C15H19F2N3O2.ClH/c1-10(9-18)14(21)19-5-7-20(8-6-19)15(22)13-11(16)3-2-4-12(13)17;/h2-4,10H,5-9,18H2,1H3;1H. The quantitative estimate of drug-likeness (QED) is 0.895. The summed E-state index contributed by atoms with van der Waals surface area (Å²) < 4.78 is 27.3. The molecule has 1 atom stereocenters. The van der Waals surface area contributed by atoms with E-state index in [2.05, 4.69) is 0 Å². The second-order valence-corrected chi connectivity index (χ2v) is 5.35. The Bertz CT molecular complexity index is 558. The second kappa shape index (κ2) is 8.21. The van der Waals surface area contributed by atoms with E-state index in [0.29, 0.717) is 13.1 Å². The van der Waals surface area contributed by atoms with Crippen LogP contribution in [0.25, 0.3) is 0 Å². The van der Waals surface area contributed by atoms with E-state index < -0.39 is 23.1 Å². The zero-order valence-corrected chi connectivity index (χ0v) is 13.6. The average molecular weight is 348 g/mol. The van der Waals surface area contributed by atoms with Gasteiger partial charge in [-0.15, -0.1) is 12.4 Å². The lowest BCUT2D eigenvalue weighted by Gasteiger charge is -2.36. The van der Waals surface area contributed by atoms with Crippen molar-refractivity contribution in [2.45, 2.75) is 6.92 Å². The van der Waals surface area contributed by atoms with Gasteiger partial charge >= 0.3 is 0 Å². The Morgan fingerprint density at radius 1 is 1.13 bits per heavy atom. The molecule has 2 rings (SSSR count). The van der Waals surface area contributed by atoms with Crippen LogP contribution in [-0.4, -0.2) is 54.3 Å². The predicted molar refractivity (Wildman–Crippen MR) is 84.3 cm³/mol. The Kier molecular flexibility index (Phi) is 6.90. The Morgan fingerprint density at radius 2 is 1.61 bits per heavy atom. The van der Waals surface area contributed by atoms with Gasteiger partial charge in [-0.25, -0.2) is 8.78 Å². The van der Waals surface area contributed by atoms with Gasteiger partial charge in [-0.05, 0) is 12.1 Å². The normalized spacial score (nSPS) is 15.8. The molecule has 1 aliphatic heterocycles. The molecule has 8 heteroatoms. The Labute approximate surface area is 139 Å². The van der Waals surface area contributed by atoms with Gasteiger partial charge in [0, 0.05) is 38.6 Å². The van der Waals surface area contributed by atoms with Gasteiger partial charge in [-0.1, -0.05) is 13.0 Å². The molecule has 1 heterocycles. The zero-order chi connectivity index (χ0) is 16.3. The van der Waals surface area contributed by atoms with Crippen LogP contribution in [0.3, 0.4) is 0 Å². The molecule has 2 amide bonds. The summed E-state index contributed by atoms with van der Waals surface area (Å²) in [4.78, 5) is 27.2. The van der Waals surface area contributed by atoms with Crippen molar-refractivity contribution in [1.29, 1.82) is 0 Å². The first-order valence-corrected chi connectivity index (χ1v) is 7.17. The van der Waals surface area contributed by atoms with E-state index in [0.717, 1.165) is 12.1 Å². The molecular formula is C15H20ClF2N3O2. The second-order valence-electron chi connectivity index (χ2n) is 5.35. The van der Waals surface area contributed by atoms with E-state index in [-0.39, 0.29) is 43.9 Å². The maximum Gasteiger partial charge on any atom is 0.259 e. The van der Waals surface area contributed by atoms with Crippen LogP contribution in [0.1, 0.15) is 17.3 Å². The Hall–Kier alpha value is -1.73. The minimum atomic E-state index is -0.875. The first-order valence-electron chi connectivity index (χ1n) is 7.17. The molecule has 0 bridgehead atoms. The van der Waals surface area contributed by atoms with E-state index >= 15 is 0 Å². The monoisotopic (exact) mass is 347 g/mol. The fourth-order valence-electron chi connectivity index (χ4n) is 2.40. The van der Waals surface area contributed by atoms with E-state index in [1.165, 1.54) is 11.0 Å². The molecule has 1 saturated heterocycles. The van der Waals surface area contributed by atoms with Crippen molar-refractivity contribution >= 4 is 24.2 Å².